The number of fused-ring (bicyclic) bond motifs is 2. The molecule has 0 saturated carbocycles. The van der Waals surface area contributed by atoms with Crippen LogP contribution in [0.25, 0.3) is 0 Å². The molecule has 39 heavy (non-hydrogen) atoms. The summed E-state index contributed by atoms with van der Waals surface area (Å²) >= 11 is 0. The average Bonchev–Trinajstić information content (AvgIpc) is 3.36. The Kier molecular flexibility index (Phi) is 6.01. The molecular formula is C30H22N4O5. The number of carbonyl (C=O) groups is 4. The van der Waals surface area contributed by atoms with Gasteiger partial charge in [0.25, 0.3) is 23.6 Å². The van der Waals surface area contributed by atoms with Crippen LogP contribution < -0.4 is 15.4 Å². The zero-order chi connectivity index (χ0) is 26.9. The summed E-state index contributed by atoms with van der Waals surface area (Å²) in [6.45, 7) is 0.115. The Morgan fingerprint density at radius 1 is 0.462 bits per heavy atom. The maximum Gasteiger partial charge on any atom is 0.263 e. The molecular weight excluding hydrogens is 496 g/mol. The largest absolute Gasteiger partial charge is 0.457 e. The van der Waals surface area contributed by atoms with Gasteiger partial charge in [-0.25, -0.2) is 0 Å². The Balaban J connectivity index is 1.01. The summed E-state index contributed by atoms with van der Waals surface area (Å²) in [4.78, 5) is 52.4. The van der Waals surface area contributed by atoms with Crippen molar-refractivity contribution < 1.29 is 23.9 Å². The number of hydrogen-bond donors (Lipinski definition) is 2. The Morgan fingerprint density at radius 3 is 1.08 bits per heavy atom. The first kappa shape index (κ1) is 23.9. The van der Waals surface area contributed by atoms with Crippen LogP contribution in [0, 0.1) is 0 Å². The summed E-state index contributed by atoms with van der Waals surface area (Å²) in [5, 5.41) is 6.20. The van der Waals surface area contributed by atoms with E-state index in [2.05, 4.69) is 10.6 Å². The van der Waals surface area contributed by atoms with Gasteiger partial charge >= 0.3 is 0 Å². The third-order valence-corrected chi connectivity index (χ3v) is 6.58. The molecule has 2 heterocycles. The van der Waals surface area contributed by atoms with Gasteiger partial charge in [-0.15, -0.1) is 0 Å². The summed E-state index contributed by atoms with van der Waals surface area (Å²) in [5.41, 5.74) is 3.12. The lowest BCUT2D eigenvalue weighted by Gasteiger charge is -2.16. The van der Waals surface area contributed by atoms with Gasteiger partial charge < -0.3 is 15.4 Å². The summed E-state index contributed by atoms with van der Waals surface area (Å²) in [6, 6.07) is 27.9. The molecule has 0 atom stereocenters. The Labute approximate surface area is 223 Å². The summed E-state index contributed by atoms with van der Waals surface area (Å²) < 4.78 is 5.90. The highest BCUT2D eigenvalue weighted by atomic mass is 16.5. The van der Waals surface area contributed by atoms with E-state index < -0.39 is 0 Å². The molecule has 2 aliphatic rings. The minimum atomic E-state index is -0.315. The molecule has 0 radical (unpaired) electrons. The van der Waals surface area contributed by atoms with E-state index >= 15 is 0 Å². The fraction of sp³-hybridized carbons (Fsp3) is 0.0667. The minimum Gasteiger partial charge on any atom is -0.457 e. The molecule has 0 spiro atoms. The lowest BCUT2D eigenvalue weighted by Crippen LogP contribution is -2.34. The van der Waals surface area contributed by atoms with E-state index in [1.807, 2.05) is 0 Å². The van der Waals surface area contributed by atoms with E-state index in [1.54, 1.807) is 97.1 Å². The van der Waals surface area contributed by atoms with Crippen LogP contribution in [0.5, 0.6) is 11.5 Å². The molecule has 0 aromatic heterocycles. The number of amides is 4. The van der Waals surface area contributed by atoms with Gasteiger partial charge in [0.15, 0.2) is 0 Å². The Bertz CT molecular complexity index is 1420. The van der Waals surface area contributed by atoms with Gasteiger partial charge in [-0.05, 0) is 72.8 Å². The normalized spacial score (nSPS) is 13.9. The molecule has 9 heteroatoms. The molecule has 0 saturated heterocycles. The van der Waals surface area contributed by atoms with Crippen molar-refractivity contribution in [2.24, 2.45) is 0 Å². The molecule has 0 fully saturated rings. The SMILES string of the molecule is O=C1c2ccccc2C(=O)N1CNc1ccc(Oc2ccc(NCN3C(=O)c4ccccc4C3=O)cc2)cc1. The summed E-state index contributed by atoms with van der Waals surface area (Å²) in [6.07, 6.45) is 0. The number of nitrogens with zero attached hydrogens (tertiary/aromatic N) is 2. The zero-order valence-corrected chi connectivity index (χ0v) is 20.6. The number of rotatable bonds is 8. The highest BCUT2D eigenvalue weighted by molar-refractivity contribution is 6.22. The number of hydrogen-bond acceptors (Lipinski definition) is 7. The standard InChI is InChI=1S/C30H22N4O5/c35-27-23-5-1-2-6-24(23)28(36)33(27)17-31-19-9-13-21(14-10-19)39-22-15-11-20(12-16-22)32-18-34-29(37)25-7-3-4-8-26(25)30(34)38/h1-16,31-32H,17-18H2. The summed E-state index contributed by atoms with van der Waals surface area (Å²) in [7, 11) is 0. The molecule has 0 unspecified atom stereocenters. The van der Waals surface area contributed by atoms with Crippen molar-refractivity contribution in [2.45, 2.75) is 0 Å². The van der Waals surface area contributed by atoms with Gasteiger partial charge in [-0.2, -0.15) is 0 Å². The predicted octanol–water partition coefficient (Wildman–Crippen LogP) is 4.81. The van der Waals surface area contributed by atoms with Crippen LogP contribution in [0.15, 0.2) is 97.1 Å². The van der Waals surface area contributed by atoms with Gasteiger partial charge in [-0.3, -0.25) is 29.0 Å². The Hall–Kier alpha value is -5.44. The highest BCUT2D eigenvalue weighted by Gasteiger charge is 2.35. The van der Waals surface area contributed by atoms with E-state index in [0.717, 1.165) is 11.4 Å². The van der Waals surface area contributed by atoms with Gasteiger partial charge in [0.2, 0.25) is 0 Å². The van der Waals surface area contributed by atoms with E-state index in [-0.39, 0.29) is 37.0 Å². The van der Waals surface area contributed by atoms with Gasteiger partial charge in [0, 0.05) is 11.4 Å². The van der Waals surface area contributed by atoms with Crippen molar-refractivity contribution >= 4 is 35.0 Å². The quantitative estimate of drug-likeness (QED) is 0.322. The molecule has 4 amide bonds. The van der Waals surface area contributed by atoms with Crippen molar-refractivity contribution in [1.29, 1.82) is 0 Å². The molecule has 4 aromatic rings. The highest BCUT2D eigenvalue weighted by Crippen LogP contribution is 2.27. The number of ether oxygens (including phenoxy) is 1. The molecule has 192 valence electrons. The van der Waals surface area contributed by atoms with Crippen LogP contribution in [0.3, 0.4) is 0 Å². The number of anilines is 2. The first-order valence-electron chi connectivity index (χ1n) is 12.3. The fourth-order valence-electron chi connectivity index (χ4n) is 4.52. The first-order chi connectivity index (χ1) is 19.0. The van der Waals surface area contributed by atoms with E-state index in [1.165, 1.54) is 9.80 Å². The van der Waals surface area contributed by atoms with Crippen LogP contribution in [-0.4, -0.2) is 46.8 Å². The number of imide groups is 2. The van der Waals surface area contributed by atoms with Crippen molar-refractivity contribution in [1.82, 2.24) is 9.80 Å². The number of nitrogens with one attached hydrogen (secondary N) is 2. The molecule has 0 bridgehead atoms. The fourth-order valence-corrected chi connectivity index (χ4v) is 4.52. The van der Waals surface area contributed by atoms with Crippen LogP contribution >= 0.6 is 0 Å². The zero-order valence-electron chi connectivity index (χ0n) is 20.6. The molecule has 2 N–H and O–H groups in total. The molecule has 0 aliphatic carbocycles. The van der Waals surface area contributed by atoms with E-state index in [4.69, 9.17) is 4.74 Å². The third kappa shape index (κ3) is 4.46. The van der Waals surface area contributed by atoms with E-state index in [9.17, 15) is 19.2 Å². The van der Waals surface area contributed by atoms with Crippen molar-refractivity contribution in [3.63, 3.8) is 0 Å². The number of benzene rings is 4. The van der Waals surface area contributed by atoms with Crippen LogP contribution in [0.1, 0.15) is 41.4 Å². The molecule has 6 rings (SSSR count). The van der Waals surface area contributed by atoms with Crippen LogP contribution in [0.2, 0.25) is 0 Å². The van der Waals surface area contributed by atoms with Gasteiger partial charge in [-0.1, -0.05) is 24.3 Å². The van der Waals surface area contributed by atoms with Crippen molar-refractivity contribution in [2.75, 3.05) is 24.0 Å². The molecule has 2 aliphatic heterocycles. The second kappa shape index (κ2) is 9.79. The Morgan fingerprint density at radius 2 is 0.769 bits per heavy atom. The van der Waals surface area contributed by atoms with Crippen LogP contribution in [0.4, 0.5) is 11.4 Å². The molecule has 4 aromatic carbocycles. The lowest BCUT2D eigenvalue weighted by molar-refractivity contribution is 0.0650. The third-order valence-electron chi connectivity index (χ3n) is 6.58. The van der Waals surface area contributed by atoms with Crippen molar-refractivity contribution in [3.8, 4) is 11.5 Å². The number of carbonyl (C=O) groups excluding carboxylic acids is 4. The van der Waals surface area contributed by atoms with Crippen molar-refractivity contribution in [3.05, 3.63) is 119 Å². The summed E-state index contributed by atoms with van der Waals surface area (Å²) in [5.74, 6) is -0.0510. The van der Waals surface area contributed by atoms with Crippen LogP contribution in [-0.2, 0) is 0 Å². The second-order valence-electron chi connectivity index (χ2n) is 8.99. The first-order valence-corrected chi connectivity index (χ1v) is 12.3. The topological polar surface area (TPSA) is 108 Å². The minimum absolute atomic E-state index is 0.0573. The maximum absolute atomic E-state index is 12.5. The predicted molar refractivity (Wildman–Crippen MR) is 144 cm³/mol. The lowest BCUT2D eigenvalue weighted by atomic mass is 10.1. The van der Waals surface area contributed by atoms with E-state index in [0.29, 0.717) is 33.8 Å². The maximum atomic E-state index is 12.5. The van der Waals surface area contributed by atoms with Gasteiger partial charge in [0.1, 0.15) is 11.5 Å². The van der Waals surface area contributed by atoms with Gasteiger partial charge in [0.05, 0.1) is 35.6 Å². The smallest absolute Gasteiger partial charge is 0.263 e. The second-order valence-corrected chi connectivity index (χ2v) is 8.99. The molecule has 9 nitrogen and oxygen atoms in total. The monoisotopic (exact) mass is 518 g/mol. The average molecular weight is 519 g/mol.